The zero-order valence-electron chi connectivity index (χ0n) is 21.3. The summed E-state index contributed by atoms with van der Waals surface area (Å²) in [4.78, 5) is 9.17. The Balaban J connectivity index is 1.46. The molecule has 0 saturated heterocycles. The Morgan fingerprint density at radius 1 is 0.868 bits per heavy atom. The first-order valence-corrected chi connectivity index (χ1v) is 12.6. The average molecular weight is 494 g/mol. The number of aliphatic imine (C=N–C) groups is 1. The lowest BCUT2D eigenvalue weighted by atomic mass is 10.0. The standard InChI is InChI=1S/C33H27N5/c1-3-8-23-19-24(14-13-21(23)2)32(34)37-33(35)25-17-18-36-30(20-25)38-28-12-7-6-11-27(28)31-26-10-5-4-9-22(26)15-16-29(31)38/h3-20H,1-2H3,(H3,34,35,37)/b8-3-. The summed E-state index contributed by atoms with van der Waals surface area (Å²) in [7, 11) is 0. The Morgan fingerprint density at radius 2 is 1.66 bits per heavy atom. The van der Waals surface area contributed by atoms with Crippen molar-refractivity contribution in [3.05, 3.63) is 126 Å². The fourth-order valence-electron chi connectivity index (χ4n) is 5.08. The van der Waals surface area contributed by atoms with Crippen LogP contribution in [0.15, 0.2) is 108 Å². The van der Waals surface area contributed by atoms with Crippen molar-refractivity contribution in [2.45, 2.75) is 13.8 Å². The van der Waals surface area contributed by atoms with Crippen LogP contribution in [-0.2, 0) is 0 Å². The van der Waals surface area contributed by atoms with Gasteiger partial charge in [-0.3, -0.25) is 9.98 Å². The lowest BCUT2D eigenvalue weighted by Gasteiger charge is -2.10. The Kier molecular flexibility index (Phi) is 5.81. The number of allylic oxidation sites excluding steroid dienone is 1. The van der Waals surface area contributed by atoms with Crippen LogP contribution < -0.4 is 5.73 Å². The van der Waals surface area contributed by atoms with E-state index in [1.165, 1.54) is 21.5 Å². The van der Waals surface area contributed by atoms with Crippen molar-refractivity contribution in [3.63, 3.8) is 0 Å². The van der Waals surface area contributed by atoms with Gasteiger partial charge in [0.05, 0.1) is 11.0 Å². The second kappa shape index (κ2) is 9.45. The smallest absolute Gasteiger partial charge is 0.154 e. The molecule has 38 heavy (non-hydrogen) atoms. The number of para-hydroxylation sites is 1. The van der Waals surface area contributed by atoms with Crippen LogP contribution in [0.1, 0.15) is 29.2 Å². The zero-order chi connectivity index (χ0) is 26.2. The molecule has 2 aromatic heterocycles. The molecule has 0 aliphatic carbocycles. The van der Waals surface area contributed by atoms with E-state index in [-0.39, 0.29) is 11.7 Å². The monoisotopic (exact) mass is 493 g/mol. The van der Waals surface area contributed by atoms with E-state index in [4.69, 9.17) is 16.1 Å². The number of aryl methyl sites for hydroxylation is 1. The molecule has 0 saturated carbocycles. The Labute approximate surface area is 221 Å². The van der Waals surface area contributed by atoms with Gasteiger partial charge in [0.15, 0.2) is 5.84 Å². The first-order valence-electron chi connectivity index (χ1n) is 12.6. The Hall–Kier alpha value is -5.03. The van der Waals surface area contributed by atoms with E-state index < -0.39 is 0 Å². The quantitative estimate of drug-likeness (QED) is 0.198. The molecule has 6 rings (SSSR count). The van der Waals surface area contributed by atoms with Crippen molar-refractivity contribution in [2.24, 2.45) is 10.7 Å². The van der Waals surface area contributed by atoms with Crippen LogP contribution in [0, 0.1) is 12.3 Å². The van der Waals surface area contributed by atoms with Crippen LogP contribution in [0.3, 0.4) is 0 Å². The van der Waals surface area contributed by atoms with Gasteiger partial charge in [-0.1, -0.05) is 72.8 Å². The number of nitrogens with zero attached hydrogens (tertiary/aromatic N) is 3. The molecule has 5 heteroatoms. The van der Waals surface area contributed by atoms with Crippen molar-refractivity contribution in [1.29, 1.82) is 5.41 Å². The number of amidine groups is 2. The van der Waals surface area contributed by atoms with E-state index >= 15 is 0 Å². The molecule has 0 aliphatic rings. The van der Waals surface area contributed by atoms with Gasteiger partial charge >= 0.3 is 0 Å². The molecule has 0 atom stereocenters. The highest BCUT2D eigenvalue weighted by atomic mass is 15.1. The molecular formula is C33H27N5. The van der Waals surface area contributed by atoms with Crippen LogP contribution in [-0.4, -0.2) is 21.2 Å². The lowest BCUT2D eigenvalue weighted by molar-refractivity contribution is 1.08. The molecule has 2 heterocycles. The van der Waals surface area contributed by atoms with Crippen LogP contribution in [0.4, 0.5) is 0 Å². The van der Waals surface area contributed by atoms with Crippen LogP contribution >= 0.6 is 0 Å². The summed E-state index contributed by atoms with van der Waals surface area (Å²) in [5.41, 5.74) is 12.2. The van der Waals surface area contributed by atoms with E-state index in [2.05, 4.69) is 71.1 Å². The van der Waals surface area contributed by atoms with E-state index in [9.17, 15) is 0 Å². The number of fused-ring (bicyclic) bond motifs is 5. The highest BCUT2D eigenvalue weighted by Gasteiger charge is 2.16. The number of benzene rings is 4. The minimum Gasteiger partial charge on any atom is -0.383 e. The fraction of sp³-hybridized carbons (Fsp3) is 0.0606. The number of aromatic nitrogens is 2. The molecule has 0 radical (unpaired) electrons. The van der Waals surface area contributed by atoms with Gasteiger partial charge in [0, 0.05) is 28.1 Å². The third-order valence-electron chi connectivity index (χ3n) is 6.96. The van der Waals surface area contributed by atoms with E-state index in [1.54, 1.807) is 6.20 Å². The number of rotatable bonds is 4. The summed E-state index contributed by atoms with van der Waals surface area (Å²) in [5, 5.41) is 13.4. The summed E-state index contributed by atoms with van der Waals surface area (Å²) < 4.78 is 2.17. The van der Waals surface area contributed by atoms with Crippen LogP contribution in [0.5, 0.6) is 0 Å². The van der Waals surface area contributed by atoms with Crippen molar-refractivity contribution in [3.8, 4) is 5.82 Å². The second-order valence-corrected chi connectivity index (χ2v) is 9.35. The molecule has 0 fully saturated rings. The first-order chi connectivity index (χ1) is 18.5. The van der Waals surface area contributed by atoms with Gasteiger partial charge in [-0.25, -0.2) is 9.98 Å². The van der Waals surface area contributed by atoms with Gasteiger partial charge < -0.3 is 5.73 Å². The van der Waals surface area contributed by atoms with Gasteiger partial charge in [-0.05, 0) is 66.1 Å². The SMILES string of the molecule is C/C=C\c1cc(C(=N)N=C(N)c2ccnc(-n3c4ccccc4c4c5ccccc5ccc43)c2)ccc1C. The third kappa shape index (κ3) is 3.95. The minimum absolute atomic E-state index is 0.120. The number of hydrogen-bond donors (Lipinski definition) is 2. The summed E-state index contributed by atoms with van der Waals surface area (Å²) in [5.74, 6) is 1.15. The lowest BCUT2D eigenvalue weighted by Crippen LogP contribution is -2.16. The summed E-state index contributed by atoms with van der Waals surface area (Å²) in [6, 6.07) is 30.8. The van der Waals surface area contributed by atoms with Gasteiger partial charge in [0.1, 0.15) is 11.7 Å². The highest BCUT2D eigenvalue weighted by molar-refractivity contribution is 6.21. The summed E-state index contributed by atoms with van der Waals surface area (Å²) in [6.07, 6.45) is 5.76. The average Bonchev–Trinajstić information content (AvgIpc) is 3.29. The number of hydrogen-bond acceptors (Lipinski definition) is 2. The molecule has 6 aromatic rings. The molecular weight excluding hydrogens is 466 g/mol. The number of nitrogens with two attached hydrogens (primary N) is 1. The third-order valence-corrected chi connectivity index (χ3v) is 6.96. The predicted molar refractivity (Wildman–Crippen MR) is 160 cm³/mol. The highest BCUT2D eigenvalue weighted by Crippen LogP contribution is 2.36. The molecule has 3 N–H and O–H groups in total. The molecule has 0 unspecified atom stereocenters. The molecule has 0 bridgehead atoms. The zero-order valence-corrected chi connectivity index (χ0v) is 21.3. The van der Waals surface area contributed by atoms with Gasteiger partial charge in [-0.15, -0.1) is 0 Å². The molecule has 5 nitrogen and oxygen atoms in total. The predicted octanol–water partition coefficient (Wildman–Crippen LogP) is 7.40. The van der Waals surface area contributed by atoms with Crippen molar-refractivity contribution < 1.29 is 0 Å². The largest absolute Gasteiger partial charge is 0.383 e. The normalized spacial score (nSPS) is 12.2. The molecule has 184 valence electrons. The molecule has 0 amide bonds. The van der Waals surface area contributed by atoms with E-state index in [0.29, 0.717) is 5.56 Å². The fourth-order valence-corrected chi connectivity index (χ4v) is 5.08. The van der Waals surface area contributed by atoms with Gasteiger partial charge in [-0.2, -0.15) is 0 Å². The molecule has 4 aromatic carbocycles. The van der Waals surface area contributed by atoms with Crippen molar-refractivity contribution in [2.75, 3.05) is 0 Å². The summed E-state index contributed by atoms with van der Waals surface area (Å²) >= 11 is 0. The minimum atomic E-state index is 0.120. The maximum absolute atomic E-state index is 8.58. The Bertz CT molecular complexity index is 1920. The van der Waals surface area contributed by atoms with E-state index in [1.807, 2.05) is 55.5 Å². The second-order valence-electron chi connectivity index (χ2n) is 9.35. The molecule has 0 spiro atoms. The van der Waals surface area contributed by atoms with Crippen molar-refractivity contribution in [1.82, 2.24) is 9.55 Å². The summed E-state index contributed by atoms with van der Waals surface area (Å²) in [6.45, 7) is 4.03. The maximum atomic E-state index is 8.58. The Morgan fingerprint density at radius 3 is 2.50 bits per heavy atom. The first kappa shape index (κ1) is 23.4. The number of nitrogens with one attached hydrogen (secondary N) is 1. The topological polar surface area (TPSA) is 80.1 Å². The van der Waals surface area contributed by atoms with Crippen LogP contribution in [0.25, 0.3) is 44.5 Å². The molecule has 0 aliphatic heterocycles. The number of pyridine rings is 1. The van der Waals surface area contributed by atoms with Gasteiger partial charge in [0.25, 0.3) is 0 Å². The van der Waals surface area contributed by atoms with Crippen LogP contribution in [0.2, 0.25) is 0 Å². The van der Waals surface area contributed by atoms with Gasteiger partial charge in [0.2, 0.25) is 0 Å². The maximum Gasteiger partial charge on any atom is 0.154 e. The van der Waals surface area contributed by atoms with E-state index in [0.717, 1.165) is 33.5 Å². The van der Waals surface area contributed by atoms with Crippen molar-refractivity contribution >= 4 is 50.3 Å².